The molecule has 6 heteroatoms. The lowest BCUT2D eigenvalue weighted by molar-refractivity contribution is -0.123. The summed E-state index contributed by atoms with van der Waals surface area (Å²) in [5, 5.41) is 9.48. The molecule has 2 aliphatic rings. The van der Waals surface area contributed by atoms with Crippen LogP contribution >= 0.6 is 11.3 Å². The van der Waals surface area contributed by atoms with Crippen LogP contribution in [0.3, 0.4) is 0 Å². The van der Waals surface area contributed by atoms with E-state index in [4.69, 9.17) is 4.74 Å². The van der Waals surface area contributed by atoms with Crippen molar-refractivity contribution in [2.45, 2.75) is 63.8 Å². The highest BCUT2D eigenvalue weighted by atomic mass is 32.1. The number of hydrogen-bond acceptors (Lipinski definition) is 5. The maximum Gasteiger partial charge on any atom is 0.237 e. The number of amides is 1. The Kier molecular flexibility index (Phi) is 5.10. The first-order valence-corrected chi connectivity index (χ1v) is 9.06. The molecular weight excluding hydrogens is 298 g/mol. The van der Waals surface area contributed by atoms with Crippen LogP contribution in [0.1, 0.15) is 55.8 Å². The van der Waals surface area contributed by atoms with Gasteiger partial charge >= 0.3 is 0 Å². The molecule has 2 fully saturated rings. The summed E-state index contributed by atoms with van der Waals surface area (Å²) in [6.07, 6.45) is 6.09. The smallest absolute Gasteiger partial charge is 0.237 e. The highest BCUT2D eigenvalue weighted by molar-refractivity contribution is 7.09. The molecule has 2 N–H and O–H groups in total. The van der Waals surface area contributed by atoms with Crippen molar-refractivity contribution in [2.75, 3.05) is 7.11 Å². The standard InChI is InChI=1S/C16H25N3O2S/c1-10(21-2)16-18-12(9-22-16)8-17-15(20)14-7-11-5-3-4-6-13(11)19-14/h9-11,13-14,19H,3-8H2,1-2H3,(H,17,20). The zero-order valence-electron chi connectivity index (χ0n) is 13.3. The zero-order valence-corrected chi connectivity index (χ0v) is 14.1. The second-order valence-electron chi connectivity index (χ2n) is 6.38. The molecule has 0 aromatic carbocycles. The Balaban J connectivity index is 1.49. The van der Waals surface area contributed by atoms with Gasteiger partial charge in [-0.3, -0.25) is 4.79 Å². The first-order valence-electron chi connectivity index (χ1n) is 8.18. The molecular formula is C16H25N3O2S. The van der Waals surface area contributed by atoms with E-state index in [1.165, 1.54) is 25.7 Å². The van der Waals surface area contributed by atoms with Crippen LogP contribution in [-0.4, -0.2) is 30.1 Å². The van der Waals surface area contributed by atoms with Crippen molar-refractivity contribution in [1.82, 2.24) is 15.6 Å². The Labute approximate surface area is 135 Å². The maximum absolute atomic E-state index is 12.3. The van der Waals surface area contributed by atoms with Crippen molar-refractivity contribution in [3.8, 4) is 0 Å². The van der Waals surface area contributed by atoms with Crippen LogP contribution in [0.25, 0.3) is 0 Å². The second-order valence-corrected chi connectivity index (χ2v) is 7.27. The third kappa shape index (κ3) is 3.50. The van der Waals surface area contributed by atoms with Gasteiger partial charge in [0.15, 0.2) is 0 Å². The van der Waals surface area contributed by atoms with Gasteiger partial charge in [0.05, 0.1) is 18.3 Å². The molecule has 0 bridgehead atoms. The van der Waals surface area contributed by atoms with E-state index in [1.807, 2.05) is 12.3 Å². The first-order chi connectivity index (χ1) is 10.7. The number of aromatic nitrogens is 1. The average molecular weight is 323 g/mol. The maximum atomic E-state index is 12.3. The molecule has 2 heterocycles. The molecule has 5 nitrogen and oxygen atoms in total. The lowest BCUT2D eigenvalue weighted by Gasteiger charge is -2.24. The van der Waals surface area contributed by atoms with Gasteiger partial charge in [-0.05, 0) is 32.1 Å². The summed E-state index contributed by atoms with van der Waals surface area (Å²) in [5.41, 5.74) is 0.910. The predicted octanol–water partition coefficient (Wildman–Crippen LogP) is 2.39. The van der Waals surface area contributed by atoms with Crippen molar-refractivity contribution in [3.63, 3.8) is 0 Å². The minimum Gasteiger partial charge on any atom is -0.375 e. The normalized spacial score (nSPS) is 29.1. The number of rotatable bonds is 5. The molecule has 1 saturated carbocycles. The van der Waals surface area contributed by atoms with Gasteiger partial charge in [-0.15, -0.1) is 11.3 Å². The number of ether oxygens (including phenoxy) is 1. The van der Waals surface area contributed by atoms with E-state index >= 15 is 0 Å². The minimum absolute atomic E-state index is 0.00840. The Morgan fingerprint density at radius 3 is 3.14 bits per heavy atom. The van der Waals surface area contributed by atoms with Gasteiger partial charge in [0.1, 0.15) is 11.1 Å². The van der Waals surface area contributed by atoms with E-state index in [2.05, 4.69) is 15.6 Å². The zero-order chi connectivity index (χ0) is 15.5. The highest BCUT2D eigenvalue weighted by Crippen LogP contribution is 2.33. The minimum atomic E-state index is -0.0240. The molecule has 3 rings (SSSR count). The molecule has 1 aliphatic heterocycles. The number of carbonyl (C=O) groups excluding carboxylic acids is 1. The van der Waals surface area contributed by atoms with Crippen LogP contribution < -0.4 is 10.6 Å². The molecule has 1 saturated heterocycles. The van der Waals surface area contributed by atoms with E-state index in [0.717, 1.165) is 17.1 Å². The fourth-order valence-corrected chi connectivity index (χ4v) is 4.36. The average Bonchev–Trinajstić information content (AvgIpc) is 3.18. The van der Waals surface area contributed by atoms with Crippen LogP contribution in [-0.2, 0) is 16.1 Å². The van der Waals surface area contributed by atoms with Gasteiger partial charge in [0, 0.05) is 18.5 Å². The molecule has 0 spiro atoms. The van der Waals surface area contributed by atoms with Crippen molar-refractivity contribution in [2.24, 2.45) is 5.92 Å². The number of methoxy groups -OCH3 is 1. The van der Waals surface area contributed by atoms with Crippen molar-refractivity contribution < 1.29 is 9.53 Å². The third-order valence-electron chi connectivity index (χ3n) is 4.89. The molecule has 22 heavy (non-hydrogen) atoms. The summed E-state index contributed by atoms with van der Waals surface area (Å²) in [4.78, 5) is 16.8. The Hall–Kier alpha value is -0.980. The number of thiazole rings is 1. The van der Waals surface area contributed by atoms with Gasteiger partial charge in [-0.2, -0.15) is 0 Å². The molecule has 4 atom stereocenters. The van der Waals surface area contributed by atoms with Gasteiger partial charge in [0.25, 0.3) is 0 Å². The lowest BCUT2D eigenvalue weighted by Crippen LogP contribution is -2.42. The molecule has 1 aromatic rings. The van der Waals surface area contributed by atoms with E-state index in [0.29, 0.717) is 18.5 Å². The van der Waals surface area contributed by atoms with Crippen molar-refractivity contribution in [1.29, 1.82) is 0 Å². The Bertz CT molecular complexity index is 505. The lowest BCUT2D eigenvalue weighted by atomic mass is 9.85. The van der Waals surface area contributed by atoms with Gasteiger partial charge in [-0.25, -0.2) is 4.98 Å². The summed E-state index contributed by atoms with van der Waals surface area (Å²) < 4.78 is 5.26. The molecule has 1 aromatic heterocycles. The molecule has 122 valence electrons. The van der Waals surface area contributed by atoms with E-state index in [1.54, 1.807) is 18.4 Å². The van der Waals surface area contributed by atoms with Gasteiger partial charge in [-0.1, -0.05) is 12.8 Å². The summed E-state index contributed by atoms with van der Waals surface area (Å²) in [5.74, 6) is 0.807. The monoisotopic (exact) mass is 323 g/mol. The highest BCUT2D eigenvalue weighted by Gasteiger charge is 2.38. The Morgan fingerprint density at radius 2 is 2.36 bits per heavy atom. The Morgan fingerprint density at radius 1 is 1.55 bits per heavy atom. The van der Waals surface area contributed by atoms with Crippen LogP contribution in [0.15, 0.2) is 5.38 Å². The van der Waals surface area contributed by atoms with E-state index in [9.17, 15) is 4.79 Å². The molecule has 1 aliphatic carbocycles. The van der Waals surface area contributed by atoms with Crippen LogP contribution in [0.2, 0.25) is 0 Å². The van der Waals surface area contributed by atoms with Gasteiger partial charge in [0.2, 0.25) is 5.91 Å². The van der Waals surface area contributed by atoms with Crippen molar-refractivity contribution in [3.05, 3.63) is 16.1 Å². The van der Waals surface area contributed by atoms with Crippen LogP contribution in [0, 0.1) is 5.92 Å². The first kappa shape index (κ1) is 15.9. The van der Waals surface area contributed by atoms with E-state index < -0.39 is 0 Å². The third-order valence-corrected chi connectivity index (χ3v) is 5.95. The number of carbonyl (C=O) groups is 1. The fraction of sp³-hybridized carbons (Fsp3) is 0.750. The molecule has 4 unspecified atom stereocenters. The van der Waals surface area contributed by atoms with Crippen LogP contribution in [0.5, 0.6) is 0 Å². The number of fused-ring (bicyclic) bond motifs is 1. The number of hydrogen-bond donors (Lipinski definition) is 2. The summed E-state index contributed by atoms with van der Waals surface area (Å²) in [7, 11) is 1.68. The summed E-state index contributed by atoms with van der Waals surface area (Å²) >= 11 is 1.58. The SMILES string of the molecule is COC(C)c1nc(CNC(=O)C2CC3CCCCC3N2)cs1. The summed E-state index contributed by atoms with van der Waals surface area (Å²) in [6.45, 7) is 2.48. The molecule has 0 radical (unpaired) electrons. The second kappa shape index (κ2) is 7.06. The van der Waals surface area contributed by atoms with Crippen LogP contribution in [0.4, 0.5) is 0 Å². The van der Waals surface area contributed by atoms with Crippen molar-refractivity contribution >= 4 is 17.2 Å². The predicted molar refractivity (Wildman–Crippen MR) is 86.7 cm³/mol. The van der Waals surface area contributed by atoms with E-state index in [-0.39, 0.29) is 18.1 Å². The topological polar surface area (TPSA) is 63.2 Å². The number of nitrogens with one attached hydrogen (secondary N) is 2. The van der Waals surface area contributed by atoms with Gasteiger partial charge < -0.3 is 15.4 Å². The largest absolute Gasteiger partial charge is 0.375 e. The number of nitrogens with zero attached hydrogens (tertiary/aromatic N) is 1. The quantitative estimate of drug-likeness (QED) is 0.873. The molecule has 1 amide bonds. The summed E-state index contributed by atoms with van der Waals surface area (Å²) in [6, 6.07) is 0.530. The fourth-order valence-electron chi connectivity index (χ4n) is 3.51.